The van der Waals surface area contributed by atoms with E-state index in [2.05, 4.69) is 10.3 Å². The Kier molecular flexibility index (Phi) is 3.79. The van der Waals surface area contributed by atoms with Crippen LogP contribution >= 0.6 is 0 Å². The molecule has 0 aliphatic carbocycles. The van der Waals surface area contributed by atoms with E-state index in [4.69, 9.17) is 11.5 Å². The summed E-state index contributed by atoms with van der Waals surface area (Å²) in [5.41, 5.74) is 8.92. The number of hydrogen-bond donors (Lipinski definition) is 3. The molecule has 18 heavy (non-hydrogen) atoms. The van der Waals surface area contributed by atoms with Gasteiger partial charge in [-0.05, 0) is 18.2 Å². The Labute approximate surface area is 101 Å². The van der Waals surface area contributed by atoms with E-state index in [1.54, 1.807) is 0 Å². The van der Waals surface area contributed by atoms with Gasteiger partial charge in [-0.2, -0.15) is 18.2 Å². The van der Waals surface area contributed by atoms with Gasteiger partial charge in [0, 0.05) is 18.3 Å². The van der Waals surface area contributed by atoms with E-state index in [0.717, 1.165) is 6.07 Å². The number of carbonyl (C=O) groups excluding carboxylic acids is 1. The smallest absolute Gasteiger partial charge is 0.388 e. The van der Waals surface area contributed by atoms with Gasteiger partial charge in [0.2, 0.25) is 0 Å². The van der Waals surface area contributed by atoms with E-state index in [-0.39, 0.29) is 11.3 Å². The average molecular weight is 260 g/mol. The molecule has 0 spiro atoms. The maximum absolute atomic E-state index is 12.6. The van der Waals surface area contributed by atoms with Crippen molar-refractivity contribution in [1.29, 1.82) is 0 Å². The van der Waals surface area contributed by atoms with Gasteiger partial charge in [-0.1, -0.05) is 0 Å². The fraction of sp³-hybridized carbons (Fsp3) is 0.200. The monoisotopic (exact) mass is 260 g/mol. The van der Waals surface area contributed by atoms with Crippen LogP contribution < -0.4 is 16.8 Å². The van der Waals surface area contributed by atoms with Crippen molar-refractivity contribution in [3.8, 4) is 0 Å². The summed E-state index contributed by atoms with van der Waals surface area (Å²) in [6.07, 6.45) is -4.56. The van der Waals surface area contributed by atoms with Crippen molar-refractivity contribution in [3.63, 3.8) is 0 Å². The lowest BCUT2D eigenvalue weighted by atomic mass is 10.1. The molecule has 5 nitrogen and oxygen atoms in total. The van der Waals surface area contributed by atoms with E-state index in [9.17, 15) is 18.0 Å². The lowest BCUT2D eigenvalue weighted by molar-refractivity contribution is -0.137. The summed E-state index contributed by atoms with van der Waals surface area (Å²) < 4.78 is 37.8. The zero-order valence-electron chi connectivity index (χ0n) is 9.38. The summed E-state index contributed by atoms with van der Waals surface area (Å²) in [4.78, 5) is 14.6. The van der Waals surface area contributed by atoms with Crippen molar-refractivity contribution in [3.05, 3.63) is 29.3 Å². The van der Waals surface area contributed by atoms with Crippen molar-refractivity contribution in [1.82, 2.24) is 0 Å². The fourth-order valence-corrected chi connectivity index (χ4v) is 1.24. The molecule has 0 unspecified atom stereocenters. The van der Waals surface area contributed by atoms with E-state index in [1.807, 2.05) is 0 Å². The van der Waals surface area contributed by atoms with Gasteiger partial charge >= 0.3 is 6.18 Å². The maximum atomic E-state index is 12.6. The zero-order chi connectivity index (χ0) is 13.9. The number of nitrogens with one attached hydrogen (secondary N) is 1. The molecule has 5 N–H and O–H groups in total. The molecule has 0 aromatic heterocycles. The van der Waals surface area contributed by atoms with Crippen LogP contribution in [0, 0.1) is 0 Å². The molecule has 1 rings (SSSR count). The van der Waals surface area contributed by atoms with E-state index in [1.165, 1.54) is 13.1 Å². The highest BCUT2D eigenvalue weighted by Gasteiger charge is 2.31. The second-order valence-corrected chi connectivity index (χ2v) is 3.39. The average Bonchev–Trinajstić information content (AvgIpc) is 2.26. The third-order valence-electron chi connectivity index (χ3n) is 2.03. The summed E-state index contributed by atoms with van der Waals surface area (Å²) in [7, 11) is 1.43. The third kappa shape index (κ3) is 3.37. The number of amides is 1. The summed E-state index contributed by atoms with van der Waals surface area (Å²) in [6, 6.07) is 2.80. The van der Waals surface area contributed by atoms with E-state index < -0.39 is 23.6 Å². The van der Waals surface area contributed by atoms with Crippen molar-refractivity contribution in [2.45, 2.75) is 6.18 Å². The number of aliphatic imine (C=N–C) groups is 1. The number of rotatable bonds is 2. The molecule has 0 aliphatic heterocycles. The van der Waals surface area contributed by atoms with Gasteiger partial charge in [-0.25, -0.2) is 0 Å². The van der Waals surface area contributed by atoms with E-state index >= 15 is 0 Å². The topological polar surface area (TPSA) is 93.5 Å². The summed E-state index contributed by atoms with van der Waals surface area (Å²) in [6.45, 7) is 0. The van der Waals surface area contributed by atoms with Crippen LogP contribution in [-0.4, -0.2) is 18.9 Å². The predicted molar refractivity (Wildman–Crippen MR) is 61.1 cm³/mol. The predicted octanol–water partition coefficient (Wildman–Crippen LogP) is 1.16. The van der Waals surface area contributed by atoms with Crippen molar-refractivity contribution in [2.75, 3.05) is 12.4 Å². The van der Waals surface area contributed by atoms with Crippen LogP contribution in [0.4, 0.5) is 18.9 Å². The Morgan fingerprint density at radius 1 is 1.28 bits per heavy atom. The minimum absolute atomic E-state index is 0.138. The number of nitrogens with two attached hydrogens (primary N) is 2. The Balaban J connectivity index is 3.29. The second kappa shape index (κ2) is 4.94. The molecule has 1 aromatic rings. The van der Waals surface area contributed by atoms with Crippen molar-refractivity contribution >= 4 is 17.6 Å². The quantitative estimate of drug-likeness (QED) is 0.549. The molecule has 0 radical (unpaired) electrons. The number of alkyl halides is 3. The molecule has 0 saturated heterocycles. The summed E-state index contributed by atoms with van der Waals surface area (Å²) >= 11 is 0. The van der Waals surface area contributed by atoms with Crippen LogP contribution in [0.3, 0.4) is 0 Å². The molecule has 98 valence electrons. The molecule has 0 heterocycles. The van der Waals surface area contributed by atoms with Gasteiger partial charge in [-0.15, -0.1) is 0 Å². The van der Waals surface area contributed by atoms with E-state index in [0.29, 0.717) is 6.07 Å². The number of halogens is 3. The normalized spacial score (nSPS) is 10.9. The molecule has 0 bridgehead atoms. The van der Waals surface area contributed by atoms with Crippen molar-refractivity contribution in [2.24, 2.45) is 16.5 Å². The number of guanidine groups is 1. The lowest BCUT2D eigenvalue weighted by Crippen LogP contribution is -2.24. The molecule has 0 atom stereocenters. The van der Waals surface area contributed by atoms with Gasteiger partial charge in [0.15, 0.2) is 5.96 Å². The van der Waals surface area contributed by atoms with Crippen LogP contribution in [0.5, 0.6) is 0 Å². The first-order valence-corrected chi connectivity index (χ1v) is 4.78. The highest BCUT2D eigenvalue weighted by Crippen LogP contribution is 2.32. The first kappa shape index (κ1) is 13.8. The molecule has 0 aliphatic rings. The molecular formula is C10H11F3N4O. The van der Waals surface area contributed by atoms with Gasteiger partial charge in [0.1, 0.15) is 0 Å². The Morgan fingerprint density at radius 2 is 1.89 bits per heavy atom. The second-order valence-electron chi connectivity index (χ2n) is 3.39. The van der Waals surface area contributed by atoms with Gasteiger partial charge in [0.05, 0.1) is 5.56 Å². The molecule has 0 fully saturated rings. The maximum Gasteiger partial charge on any atom is 0.416 e. The molecule has 1 aromatic carbocycles. The van der Waals surface area contributed by atoms with Crippen molar-refractivity contribution < 1.29 is 18.0 Å². The first-order chi connectivity index (χ1) is 8.24. The number of nitrogens with zero attached hydrogens (tertiary/aromatic N) is 1. The van der Waals surface area contributed by atoms with Crippen LogP contribution in [0.2, 0.25) is 0 Å². The molecule has 1 amide bonds. The van der Waals surface area contributed by atoms with Gasteiger partial charge < -0.3 is 16.8 Å². The lowest BCUT2D eigenvalue weighted by Gasteiger charge is -2.10. The zero-order valence-corrected chi connectivity index (χ0v) is 9.38. The third-order valence-corrected chi connectivity index (χ3v) is 2.03. The minimum Gasteiger partial charge on any atom is -0.388 e. The molecular weight excluding hydrogens is 249 g/mol. The number of carbonyl (C=O) groups is 1. The van der Waals surface area contributed by atoms with Gasteiger partial charge in [0.25, 0.3) is 5.91 Å². The largest absolute Gasteiger partial charge is 0.416 e. The SMILES string of the molecule is CNc1cc(C(=O)N=C(N)N)cc(C(F)(F)F)c1. The fourth-order valence-electron chi connectivity index (χ4n) is 1.24. The number of benzene rings is 1. The number of anilines is 1. The Morgan fingerprint density at radius 3 is 2.33 bits per heavy atom. The van der Waals surface area contributed by atoms with Crippen LogP contribution in [-0.2, 0) is 6.18 Å². The van der Waals surface area contributed by atoms with Crippen LogP contribution in [0.15, 0.2) is 23.2 Å². The Bertz CT molecular complexity index is 492. The standard InChI is InChI=1S/C10H11F3N4O/c1-16-7-3-5(8(18)17-9(14)15)2-6(4-7)10(11,12)13/h2-4,16H,1H3,(H4,14,15,17,18). The van der Waals surface area contributed by atoms with Gasteiger partial charge in [-0.3, -0.25) is 4.79 Å². The molecule has 8 heteroatoms. The Hall–Kier alpha value is -2.25. The number of hydrogen-bond acceptors (Lipinski definition) is 2. The summed E-state index contributed by atoms with van der Waals surface area (Å²) in [5.74, 6) is -1.44. The van der Waals surface area contributed by atoms with Crippen LogP contribution in [0.1, 0.15) is 15.9 Å². The molecule has 0 saturated carbocycles. The first-order valence-electron chi connectivity index (χ1n) is 4.78. The highest BCUT2D eigenvalue weighted by molar-refractivity contribution is 6.02. The van der Waals surface area contributed by atoms with Crippen LogP contribution in [0.25, 0.3) is 0 Å². The summed E-state index contributed by atoms with van der Waals surface area (Å²) in [5, 5.41) is 2.52. The minimum atomic E-state index is -4.56. The highest BCUT2D eigenvalue weighted by atomic mass is 19.4.